The molecule has 2 amide bonds. The largest absolute Gasteiger partial charge is 0.447 e. The van der Waals surface area contributed by atoms with Gasteiger partial charge < -0.3 is 9.64 Å². The number of halogens is 1. The molecule has 1 aliphatic heterocycles. The van der Waals surface area contributed by atoms with Crippen molar-refractivity contribution in [3.05, 3.63) is 53.6 Å². The maximum Gasteiger partial charge on any atom is 0.410 e. The summed E-state index contributed by atoms with van der Waals surface area (Å²) in [4.78, 5) is 32.1. The Morgan fingerprint density at radius 2 is 2.15 bits per heavy atom. The number of ether oxygens (including phenoxy) is 1. The first-order chi connectivity index (χ1) is 15.8. The van der Waals surface area contributed by atoms with Gasteiger partial charge in [-0.3, -0.25) is 20.1 Å². The van der Waals surface area contributed by atoms with Crippen molar-refractivity contribution in [3.8, 4) is 0 Å². The van der Waals surface area contributed by atoms with Crippen LogP contribution in [0.15, 0.2) is 36.5 Å². The van der Waals surface area contributed by atoms with Crippen LogP contribution in [0.3, 0.4) is 0 Å². The quantitative estimate of drug-likeness (QED) is 0.478. The lowest BCUT2D eigenvalue weighted by Gasteiger charge is -2.37. The molecule has 0 saturated carbocycles. The van der Waals surface area contributed by atoms with Crippen molar-refractivity contribution in [1.82, 2.24) is 14.8 Å². The number of hydrazine groups is 1. The van der Waals surface area contributed by atoms with Crippen LogP contribution in [-0.4, -0.2) is 59.6 Å². The standard InChI is InChI=1S/C24H32FN5O3/c1-17(2)33-24(32)28(4)21-6-5-11-29(15-21)14-19-8-10-22(25)23(12-19)30(16-31)27-20-9-7-18(3)26-13-20/h7-10,12-13,16-17,21,27H,5-6,11,14-15H2,1-4H3. The normalized spacial score (nSPS) is 16.4. The third-order valence-electron chi connectivity index (χ3n) is 5.60. The SMILES string of the molecule is Cc1ccc(NN(C=O)c2cc(CN3CCCC(N(C)C(=O)OC(C)C)C3)ccc2F)cn1. The Labute approximate surface area is 194 Å². The van der Waals surface area contributed by atoms with Crippen molar-refractivity contribution in [3.63, 3.8) is 0 Å². The number of aromatic nitrogens is 1. The monoisotopic (exact) mass is 457 g/mol. The second-order valence-corrected chi connectivity index (χ2v) is 8.64. The molecule has 1 unspecified atom stereocenters. The number of hydrogen-bond acceptors (Lipinski definition) is 6. The van der Waals surface area contributed by atoms with Gasteiger partial charge in [0.05, 0.1) is 18.0 Å². The van der Waals surface area contributed by atoms with Crippen LogP contribution < -0.4 is 10.4 Å². The lowest BCUT2D eigenvalue weighted by Crippen LogP contribution is -2.48. The van der Waals surface area contributed by atoms with Gasteiger partial charge in [0.2, 0.25) is 6.41 Å². The van der Waals surface area contributed by atoms with Gasteiger partial charge in [0.1, 0.15) is 11.5 Å². The number of piperidine rings is 1. The Morgan fingerprint density at radius 3 is 2.82 bits per heavy atom. The highest BCUT2D eigenvalue weighted by atomic mass is 19.1. The fraction of sp³-hybridized carbons (Fsp3) is 0.458. The summed E-state index contributed by atoms with van der Waals surface area (Å²) in [7, 11) is 1.77. The van der Waals surface area contributed by atoms with Crippen molar-refractivity contribution in [2.24, 2.45) is 0 Å². The lowest BCUT2D eigenvalue weighted by molar-refractivity contribution is -0.107. The number of nitrogens with zero attached hydrogens (tertiary/aromatic N) is 4. The van der Waals surface area contributed by atoms with Gasteiger partial charge in [0.15, 0.2) is 0 Å². The molecule has 1 fully saturated rings. The molecule has 8 nitrogen and oxygen atoms in total. The van der Waals surface area contributed by atoms with E-state index < -0.39 is 5.82 Å². The molecule has 2 aromatic rings. The number of benzene rings is 1. The molecule has 1 aliphatic rings. The van der Waals surface area contributed by atoms with Crippen LogP contribution >= 0.6 is 0 Å². The van der Waals surface area contributed by atoms with Crippen LogP contribution in [0.4, 0.5) is 20.6 Å². The van der Waals surface area contributed by atoms with Crippen LogP contribution in [0.5, 0.6) is 0 Å². The molecule has 33 heavy (non-hydrogen) atoms. The number of rotatable bonds is 8. The van der Waals surface area contributed by atoms with E-state index in [-0.39, 0.29) is 23.9 Å². The molecular formula is C24H32FN5O3. The Balaban J connectivity index is 1.68. The number of carbonyl (C=O) groups excluding carboxylic acids is 2. The highest BCUT2D eigenvalue weighted by Gasteiger charge is 2.27. The average Bonchev–Trinajstić information content (AvgIpc) is 2.79. The summed E-state index contributed by atoms with van der Waals surface area (Å²) < 4.78 is 19.9. The molecule has 0 radical (unpaired) electrons. The number of carbonyl (C=O) groups is 2. The molecule has 0 aliphatic carbocycles. The minimum absolute atomic E-state index is 0.0482. The van der Waals surface area contributed by atoms with Gasteiger partial charge in [-0.2, -0.15) is 0 Å². The average molecular weight is 458 g/mol. The number of likely N-dealkylation sites (N-methyl/N-ethyl adjacent to an activating group) is 1. The first-order valence-corrected chi connectivity index (χ1v) is 11.1. The van der Waals surface area contributed by atoms with E-state index in [0.717, 1.165) is 35.7 Å². The van der Waals surface area contributed by atoms with E-state index in [1.54, 1.807) is 42.4 Å². The Kier molecular flexibility index (Phi) is 8.21. The van der Waals surface area contributed by atoms with Crippen LogP contribution in [0.2, 0.25) is 0 Å². The third-order valence-corrected chi connectivity index (χ3v) is 5.60. The molecule has 1 atom stereocenters. The zero-order chi connectivity index (χ0) is 24.0. The van der Waals surface area contributed by atoms with Gasteiger partial charge in [-0.15, -0.1) is 0 Å². The Bertz CT molecular complexity index is 954. The van der Waals surface area contributed by atoms with E-state index in [4.69, 9.17) is 4.74 Å². The first kappa shape index (κ1) is 24.4. The number of nitrogens with one attached hydrogen (secondary N) is 1. The van der Waals surface area contributed by atoms with Gasteiger partial charge in [0.25, 0.3) is 0 Å². The molecular weight excluding hydrogens is 425 g/mol. The summed E-state index contributed by atoms with van der Waals surface area (Å²) in [5.41, 5.74) is 5.31. The molecule has 178 valence electrons. The fourth-order valence-electron chi connectivity index (χ4n) is 3.84. The zero-order valence-electron chi connectivity index (χ0n) is 19.6. The maximum atomic E-state index is 14.6. The molecule has 9 heteroatoms. The highest BCUT2D eigenvalue weighted by Crippen LogP contribution is 2.24. The number of pyridine rings is 1. The second-order valence-electron chi connectivity index (χ2n) is 8.64. The molecule has 0 spiro atoms. The van der Waals surface area contributed by atoms with E-state index in [1.165, 1.54) is 6.07 Å². The van der Waals surface area contributed by atoms with Crippen LogP contribution in [0.25, 0.3) is 0 Å². The Hall–Kier alpha value is -3.20. The molecule has 0 bridgehead atoms. The van der Waals surface area contributed by atoms with Crippen molar-refractivity contribution >= 4 is 23.9 Å². The second kappa shape index (κ2) is 11.1. The van der Waals surface area contributed by atoms with Gasteiger partial charge >= 0.3 is 6.09 Å². The van der Waals surface area contributed by atoms with E-state index >= 15 is 0 Å². The topological polar surface area (TPSA) is 78.0 Å². The van der Waals surface area contributed by atoms with Crippen LogP contribution in [0, 0.1) is 12.7 Å². The number of aryl methyl sites for hydroxylation is 1. The van der Waals surface area contributed by atoms with E-state index in [0.29, 0.717) is 25.2 Å². The maximum absolute atomic E-state index is 14.6. The highest BCUT2D eigenvalue weighted by molar-refractivity contribution is 5.79. The molecule has 1 saturated heterocycles. The van der Waals surface area contributed by atoms with E-state index in [1.807, 2.05) is 20.8 Å². The summed E-state index contributed by atoms with van der Waals surface area (Å²) in [5.74, 6) is -0.508. The van der Waals surface area contributed by atoms with Crippen molar-refractivity contribution in [2.75, 3.05) is 30.6 Å². The minimum atomic E-state index is -0.508. The van der Waals surface area contributed by atoms with Crippen LogP contribution in [-0.2, 0) is 16.1 Å². The number of amides is 2. The summed E-state index contributed by atoms with van der Waals surface area (Å²) in [6.07, 6.45) is 3.49. The van der Waals surface area contributed by atoms with Gasteiger partial charge in [-0.05, 0) is 70.0 Å². The molecule has 3 rings (SSSR count). The van der Waals surface area contributed by atoms with Crippen molar-refractivity contribution < 1.29 is 18.7 Å². The molecule has 2 heterocycles. The van der Waals surface area contributed by atoms with E-state index in [2.05, 4.69) is 15.3 Å². The first-order valence-electron chi connectivity index (χ1n) is 11.1. The van der Waals surface area contributed by atoms with Crippen molar-refractivity contribution in [2.45, 2.75) is 52.3 Å². The van der Waals surface area contributed by atoms with Gasteiger partial charge in [0, 0.05) is 31.9 Å². The summed E-state index contributed by atoms with van der Waals surface area (Å²) >= 11 is 0. The number of hydrogen-bond donors (Lipinski definition) is 1. The number of anilines is 2. The van der Waals surface area contributed by atoms with Crippen molar-refractivity contribution in [1.29, 1.82) is 0 Å². The summed E-state index contributed by atoms with van der Waals surface area (Å²) in [6, 6.07) is 8.37. The van der Waals surface area contributed by atoms with Gasteiger partial charge in [-0.25, -0.2) is 14.2 Å². The van der Waals surface area contributed by atoms with E-state index in [9.17, 15) is 14.0 Å². The third kappa shape index (κ3) is 6.64. The fourth-order valence-corrected chi connectivity index (χ4v) is 3.84. The molecule has 1 N–H and O–H groups in total. The Morgan fingerprint density at radius 1 is 1.36 bits per heavy atom. The minimum Gasteiger partial charge on any atom is -0.447 e. The number of likely N-dealkylation sites (tertiary alicyclic amines) is 1. The smallest absolute Gasteiger partial charge is 0.410 e. The summed E-state index contributed by atoms with van der Waals surface area (Å²) in [6.45, 7) is 7.67. The predicted octanol–water partition coefficient (Wildman–Crippen LogP) is 3.96. The predicted molar refractivity (Wildman–Crippen MR) is 125 cm³/mol. The zero-order valence-corrected chi connectivity index (χ0v) is 19.6. The lowest BCUT2D eigenvalue weighted by atomic mass is 10.0. The van der Waals surface area contributed by atoms with Crippen LogP contribution in [0.1, 0.15) is 37.9 Å². The molecule has 1 aromatic carbocycles. The van der Waals surface area contributed by atoms with Gasteiger partial charge in [-0.1, -0.05) is 6.07 Å². The summed E-state index contributed by atoms with van der Waals surface area (Å²) in [5, 5.41) is 1.11. The molecule has 1 aromatic heterocycles.